The lowest BCUT2D eigenvalue weighted by Crippen LogP contribution is -2.26. The summed E-state index contributed by atoms with van der Waals surface area (Å²) < 4.78 is 10.9. The zero-order valence-corrected chi connectivity index (χ0v) is 11.2. The van der Waals surface area contributed by atoms with Gasteiger partial charge in [-0.15, -0.1) is 0 Å². The van der Waals surface area contributed by atoms with Crippen molar-refractivity contribution in [3.63, 3.8) is 0 Å². The second kappa shape index (κ2) is 5.38. The number of carbonyl (C=O) groups excluding carboxylic acids is 1. The second-order valence-corrected chi connectivity index (χ2v) is 4.60. The second-order valence-electron chi connectivity index (χ2n) is 4.60. The Labute approximate surface area is 116 Å². The number of amides is 1. The van der Waals surface area contributed by atoms with Crippen LogP contribution in [0.25, 0.3) is 0 Å². The van der Waals surface area contributed by atoms with E-state index in [4.69, 9.17) is 9.15 Å². The van der Waals surface area contributed by atoms with Gasteiger partial charge in [0.2, 0.25) is 0 Å². The molecule has 1 aliphatic rings. The molecule has 0 saturated carbocycles. The average Bonchev–Trinajstić information content (AvgIpc) is 2.98. The zero-order chi connectivity index (χ0) is 13.9. The van der Waals surface area contributed by atoms with Crippen molar-refractivity contribution in [3.8, 4) is 5.75 Å². The lowest BCUT2D eigenvalue weighted by molar-refractivity contribution is -0.118. The minimum absolute atomic E-state index is 0.0425. The molecule has 5 nitrogen and oxygen atoms in total. The SMILES string of the molecule is CCNC(c1ccc2c(c1)NC(=O)CO2)c1ccco1. The number of benzene rings is 1. The number of furan rings is 1. The highest BCUT2D eigenvalue weighted by molar-refractivity contribution is 5.95. The summed E-state index contributed by atoms with van der Waals surface area (Å²) in [7, 11) is 0. The van der Waals surface area contributed by atoms with Crippen LogP contribution in [0.15, 0.2) is 41.0 Å². The molecule has 0 radical (unpaired) electrons. The molecule has 1 atom stereocenters. The molecule has 0 fully saturated rings. The summed E-state index contributed by atoms with van der Waals surface area (Å²) in [5, 5.41) is 6.19. The summed E-state index contributed by atoms with van der Waals surface area (Å²) in [6.45, 7) is 2.92. The van der Waals surface area contributed by atoms with Gasteiger partial charge in [-0.1, -0.05) is 13.0 Å². The first-order valence-electron chi connectivity index (χ1n) is 6.61. The van der Waals surface area contributed by atoms with Crippen molar-refractivity contribution in [1.82, 2.24) is 5.32 Å². The Morgan fingerprint density at radius 1 is 1.40 bits per heavy atom. The van der Waals surface area contributed by atoms with Crippen LogP contribution < -0.4 is 15.4 Å². The molecule has 2 heterocycles. The van der Waals surface area contributed by atoms with E-state index < -0.39 is 0 Å². The van der Waals surface area contributed by atoms with E-state index in [0.717, 1.165) is 17.9 Å². The van der Waals surface area contributed by atoms with Crippen LogP contribution in [0.1, 0.15) is 24.3 Å². The Kier molecular flexibility index (Phi) is 3.43. The minimum atomic E-state index is -0.132. The number of fused-ring (bicyclic) bond motifs is 1. The monoisotopic (exact) mass is 272 g/mol. The van der Waals surface area contributed by atoms with Gasteiger partial charge >= 0.3 is 0 Å². The van der Waals surface area contributed by atoms with Crippen molar-refractivity contribution in [2.24, 2.45) is 0 Å². The van der Waals surface area contributed by atoms with Crippen LogP contribution in [0.3, 0.4) is 0 Å². The number of hydrogen-bond acceptors (Lipinski definition) is 4. The highest BCUT2D eigenvalue weighted by Crippen LogP contribution is 2.32. The van der Waals surface area contributed by atoms with Gasteiger partial charge in [-0.2, -0.15) is 0 Å². The molecule has 1 aromatic heterocycles. The normalized spacial score (nSPS) is 15.2. The topological polar surface area (TPSA) is 63.5 Å². The van der Waals surface area contributed by atoms with Crippen molar-refractivity contribution < 1.29 is 13.9 Å². The Balaban J connectivity index is 1.95. The van der Waals surface area contributed by atoms with E-state index in [9.17, 15) is 4.79 Å². The summed E-state index contributed by atoms with van der Waals surface area (Å²) >= 11 is 0. The van der Waals surface area contributed by atoms with Crippen molar-refractivity contribution in [2.75, 3.05) is 18.5 Å². The highest BCUT2D eigenvalue weighted by Gasteiger charge is 2.20. The summed E-state index contributed by atoms with van der Waals surface area (Å²) in [6.07, 6.45) is 1.66. The standard InChI is InChI=1S/C15H16N2O3/c1-2-16-15(13-4-3-7-19-13)10-5-6-12-11(8-10)17-14(18)9-20-12/h3-8,15-16H,2,9H2,1H3,(H,17,18). The van der Waals surface area contributed by atoms with Crippen LogP contribution >= 0.6 is 0 Å². The molecule has 0 bridgehead atoms. The first-order valence-corrected chi connectivity index (χ1v) is 6.61. The van der Waals surface area contributed by atoms with E-state index in [0.29, 0.717) is 11.4 Å². The van der Waals surface area contributed by atoms with Crippen LogP contribution in [0.4, 0.5) is 5.69 Å². The van der Waals surface area contributed by atoms with E-state index in [-0.39, 0.29) is 18.6 Å². The van der Waals surface area contributed by atoms with Gasteiger partial charge in [0.05, 0.1) is 18.0 Å². The summed E-state index contributed by atoms with van der Waals surface area (Å²) in [6, 6.07) is 9.52. The summed E-state index contributed by atoms with van der Waals surface area (Å²) in [5.74, 6) is 1.41. The number of hydrogen-bond donors (Lipinski definition) is 2. The Morgan fingerprint density at radius 3 is 3.05 bits per heavy atom. The van der Waals surface area contributed by atoms with Crippen molar-refractivity contribution in [3.05, 3.63) is 47.9 Å². The molecule has 104 valence electrons. The van der Waals surface area contributed by atoms with Gasteiger partial charge in [-0.05, 0) is 36.4 Å². The zero-order valence-electron chi connectivity index (χ0n) is 11.2. The number of rotatable bonds is 4. The molecule has 1 amide bonds. The fourth-order valence-electron chi connectivity index (χ4n) is 2.32. The Morgan fingerprint density at radius 2 is 2.30 bits per heavy atom. The molecule has 3 rings (SSSR count). The van der Waals surface area contributed by atoms with Gasteiger partial charge < -0.3 is 19.8 Å². The maximum Gasteiger partial charge on any atom is 0.262 e. The minimum Gasteiger partial charge on any atom is -0.482 e. The van der Waals surface area contributed by atoms with Gasteiger partial charge in [0.1, 0.15) is 11.5 Å². The van der Waals surface area contributed by atoms with Crippen LogP contribution in [-0.4, -0.2) is 19.1 Å². The highest BCUT2D eigenvalue weighted by atomic mass is 16.5. The smallest absolute Gasteiger partial charge is 0.262 e. The van der Waals surface area contributed by atoms with Crippen molar-refractivity contribution in [2.45, 2.75) is 13.0 Å². The molecule has 20 heavy (non-hydrogen) atoms. The molecule has 0 spiro atoms. The number of anilines is 1. The fraction of sp³-hybridized carbons (Fsp3) is 0.267. The lowest BCUT2D eigenvalue weighted by atomic mass is 10.0. The molecule has 1 aromatic carbocycles. The molecule has 2 aromatic rings. The molecular formula is C15H16N2O3. The molecule has 1 aliphatic heterocycles. The van der Waals surface area contributed by atoms with E-state index in [1.165, 1.54) is 0 Å². The third-order valence-electron chi connectivity index (χ3n) is 3.21. The van der Waals surface area contributed by atoms with Gasteiger partial charge in [-0.25, -0.2) is 0 Å². The fourth-order valence-corrected chi connectivity index (χ4v) is 2.32. The first-order chi connectivity index (χ1) is 9.78. The van der Waals surface area contributed by atoms with Crippen molar-refractivity contribution >= 4 is 11.6 Å². The quantitative estimate of drug-likeness (QED) is 0.896. The largest absolute Gasteiger partial charge is 0.482 e. The van der Waals surface area contributed by atoms with E-state index in [1.54, 1.807) is 6.26 Å². The number of ether oxygens (including phenoxy) is 1. The molecule has 1 unspecified atom stereocenters. The Bertz CT molecular complexity index is 608. The van der Waals surface area contributed by atoms with Gasteiger partial charge in [0.25, 0.3) is 5.91 Å². The number of carbonyl (C=O) groups is 1. The predicted octanol–water partition coefficient (Wildman–Crippen LogP) is 2.31. The summed E-state index contributed by atoms with van der Waals surface area (Å²) in [4.78, 5) is 11.4. The van der Waals surface area contributed by atoms with E-state index >= 15 is 0 Å². The maximum absolute atomic E-state index is 11.4. The average molecular weight is 272 g/mol. The molecular weight excluding hydrogens is 256 g/mol. The van der Waals surface area contributed by atoms with Crippen LogP contribution in [0.2, 0.25) is 0 Å². The molecule has 0 aliphatic carbocycles. The number of nitrogens with one attached hydrogen (secondary N) is 2. The third kappa shape index (κ3) is 2.40. The summed E-state index contributed by atoms with van der Waals surface area (Å²) in [5.41, 5.74) is 1.72. The lowest BCUT2D eigenvalue weighted by Gasteiger charge is -2.21. The van der Waals surface area contributed by atoms with Crippen LogP contribution in [0, 0.1) is 0 Å². The molecule has 0 saturated heterocycles. The maximum atomic E-state index is 11.4. The van der Waals surface area contributed by atoms with E-state index in [2.05, 4.69) is 10.6 Å². The van der Waals surface area contributed by atoms with Gasteiger partial charge in [-0.3, -0.25) is 4.79 Å². The van der Waals surface area contributed by atoms with E-state index in [1.807, 2.05) is 37.3 Å². The van der Waals surface area contributed by atoms with Gasteiger partial charge in [0, 0.05) is 0 Å². The first kappa shape index (κ1) is 12.7. The molecule has 5 heteroatoms. The third-order valence-corrected chi connectivity index (χ3v) is 3.21. The van der Waals surface area contributed by atoms with Crippen molar-refractivity contribution in [1.29, 1.82) is 0 Å². The predicted molar refractivity (Wildman–Crippen MR) is 74.8 cm³/mol. The molecule has 2 N–H and O–H groups in total. The van der Waals surface area contributed by atoms with Crippen LogP contribution in [-0.2, 0) is 4.79 Å². The Hall–Kier alpha value is -2.27. The van der Waals surface area contributed by atoms with Gasteiger partial charge in [0.15, 0.2) is 6.61 Å². The van der Waals surface area contributed by atoms with Crippen LogP contribution in [0.5, 0.6) is 5.75 Å².